The number of nitrogens with zero attached hydrogens (tertiary/aromatic N) is 1. The minimum atomic E-state index is -5.08. The number of benzene rings is 1. The highest BCUT2D eigenvalue weighted by molar-refractivity contribution is 5.80. The molecule has 0 fully saturated rings. The lowest BCUT2D eigenvalue weighted by Gasteiger charge is -2.19. The molecule has 0 aliphatic carbocycles. The Morgan fingerprint density at radius 1 is 1.16 bits per heavy atom. The number of hydrogen-bond donors (Lipinski definition) is 3. The summed E-state index contributed by atoms with van der Waals surface area (Å²) in [4.78, 5) is 32.6. The Morgan fingerprint density at radius 3 is 2.08 bits per heavy atom. The van der Waals surface area contributed by atoms with Crippen molar-refractivity contribution in [2.75, 3.05) is 19.6 Å². The average molecular weight is 365 g/mol. The SMILES string of the molecule is NCCN(CC(N)=O)C(=O)OCc1ccccc1.O=C(O)C(F)(F)F. The Hall–Kier alpha value is -2.82. The third-order valence-corrected chi connectivity index (χ3v) is 2.45. The Kier molecular flexibility index (Phi) is 9.64. The number of primary amides is 1. The topological polar surface area (TPSA) is 136 Å². The highest BCUT2D eigenvalue weighted by atomic mass is 19.4. The summed E-state index contributed by atoms with van der Waals surface area (Å²) in [5, 5.41) is 7.12. The lowest BCUT2D eigenvalue weighted by molar-refractivity contribution is -0.192. The molecule has 0 saturated heterocycles. The first-order chi connectivity index (χ1) is 11.6. The van der Waals surface area contributed by atoms with E-state index in [1.165, 1.54) is 4.90 Å². The van der Waals surface area contributed by atoms with Gasteiger partial charge in [-0.1, -0.05) is 30.3 Å². The number of rotatable bonds is 6. The molecule has 0 aliphatic rings. The first kappa shape index (κ1) is 22.2. The molecule has 8 nitrogen and oxygen atoms in total. The Balaban J connectivity index is 0.000000697. The molecule has 2 amide bonds. The number of hydrogen-bond acceptors (Lipinski definition) is 5. The zero-order valence-electron chi connectivity index (χ0n) is 13.0. The maximum Gasteiger partial charge on any atom is 0.490 e. The van der Waals surface area contributed by atoms with Gasteiger partial charge in [0.2, 0.25) is 5.91 Å². The predicted octanol–water partition coefficient (Wildman–Crippen LogP) is 0.702. The summed E-state index contributed by atoms with van der Waals surface area (Å²) >= 11 is 0. The van der Waals surface area contributed by atoms with Crippen molar-refractivity contribution in [1.82, 2.24) is 4.90 Å². The van der Waals surface area contributed by atoms with Crippen LogP contribution in [0.15, 0.2) is 30.3 Å². The number of aliphatic carboxylic acids is 1. The van der Waals surface area contributed by atoms with E-state index in [0.29, 0.717) is 0 Å². The van der Waals surface area contributed by atoms with Crippen LogP contribution in [0.5, 0.6) is 0 Å². The molecule has 0 aromatic heterocycles. The van der Waals surface area contributed by atoms with Gasteiger partial charge in [0.15, 0.2) is 0 Å². The zero-order valence-corrected chi connectivity index (χ0v) is 13.0. The van der Waals surface area contributed by atoms with Crippen molar-refractivity contribution in [2.45, 2.75) is 12.8 Å². The van der Waals surface area contributed by atoms with E-state index >= 15 is 0 Å². The van der Waals surface area contributed by atoms with Gasteiger partial charge in [0.25, 0.3) is 0 Å². The third kappa shape index (κ3) is 10.5. The van der Waals surface area contributed by atoms with Crippen LogP contribution in [0, 0.1) is 0 Å². The minimum absolute atomic E-state index is 0.152. The monoisotopic (exact) mass is 365 g/mol. The summed E-state index contributed by atoms with van der Waals surface area (Å²) in [5.41, 5.74) is 11.3. The second-order valence-electron chi connectivity index (χ2n) is 4.52. The Labute approximate surface area is 141 Å². The molecule has 0 radical (unpaired) electrons. The summed E-state index contributed by atoms with van der Waals surface area (Å²) in [6.45, 7) is 0.439. The molecule has 0 bridgehead atoms. The molecule has 25 heavy (non-hydrogen) atoms. The first-order valence-corrected chi connectivity index (χ1v) is 6.82. The van der Waals surface area contributed by atoms with Crippen molar-refractivity contribution < 1.29 is 37.4 Å². The molecular formula is C14H18F3N3O5. The highest BCUT2D eigenvalue weighted by Crippen LogP contribution is 2.13. The summed E-state index contributed by atoms with van der Waals surface area (Å²) < 4.78 is 36.8. The number of nitrogens with two attached hydrogens (primary N) is 2. The van der Waals surface area contributed by atoms with E-state index in [2.05, 4.69) is 0 Å². The number of halogens is 3. The zero-order chi connectivity index (χ0) is 19.5. The molecule has 0 saturated carbocycles. The van der Waals surface area contributed by atoms with Crippen LogP contribution in [0.1, 0.15) is 5.56 Å². The smallest absolute Gasteiger partial charge is 0.475 e. The van der Waals surface area contributed by atoms with Gasteiger partial charge in [0.1, 0.15) is 13.2 Å². The van der Waals surface area contributed by atoms with Crippen molar-refractivity contribution in [3.05, 3.63) is 35.9 Å². The molecule has 0 atom stereocenters. The van der Waals surface area contributed by atoms with E-state index in [1.807, 2.05) is 30.3 Å². The van der Waals surface area contributed by atoms with Gasteiger partial charge in [0.05, 0.1) is 0 Å². The molecule has 0 unspecified atom stereocenters. The molecule has 1 aromatic carbocycles. The van der Waals surface area contributed by atoms with Crippen molar-refractivity contribution in [1.29, 1.82) is 0 Å². The van der Waals surface area contributed by atoms with Crippen LogP contribution in [0.4, 0.5) is 18.0 Å². The number of amides is 2. The van der Waals surface area contributed by atoms with Crippen LogP contribution >= 0.6 is 0 Å². The standard InChI is InChI=1S/C12H17N3O3.C2HF3O2/c13-6-7-15(8-11(14)16)12(17)18-9-10-4-2-1-3-5-10;3-2(4,5)1(6)7/h1-5H,6-9,13H2,(H2,14,16);(H,6,7). The molecule has 140 valence electrons. The molecule has 5 N–H and O–H groups in total. The fourth-order valence-electron chi connectivity index (χ4n) is 1.39. The van der Waals surface area contributed by atoms with E-state index in [0.717, 1.165) is 5.56 Å². The fraction of sp³-hybridized carbons (Fsp3) is 0.357. The minimum Gasteiger partial charge on any atom is -0.475 e. The lowest BCUT2D eigenvalue weighted by Crippen LogP contribution is -2.41. The summed E-state index contributed by atoms with van der Waals surface area (Å²) in [6, 6.07) is 9.26. The van der Waals surface area contributed by atoms with Gasteiger partial charge in [-0.05, 0) is 5.56 Å². The number of carboxylic acids is 1. The van der Waals surface area contributed by atoms with E-state index < -0.39 is 24.1 Å². The van der Waals surface area contributed by atoms with Gasteiger partial charge in [-0.25, -0.2) is 9.59 Å². The van der Waals surface area contributed by atoms with Gasteiger partial charge in [0, 0.05) is 13.1 Å². The third-order valence-electron chi connectivity index (χ3n) is 2.45. The van der Waals surface area contributed by atoms with Gasteiger partial charge in [-0.15, -0.1) is 0 Å². The molecule has 0 aliphatic heterocycles. The van der Waals surface area contributed by atoms with Crippen molar-refractivity contribution in [2.24, 2.45) is 11.5 Å². The molecule has 11 heteroatoms. The van der Waals surface area contributed by atoms with E-state index in [9.17, 15) is 22.8 Å². The van der Waals surface area contributed by atoms with Crippen molar-refractivity contribution >= 4 is 18.0 Å². The van der Waals surface area contributed by atoms with Crippen LogP contribution < -0.4 is 11.5 Å². The second-order valence-corrected chi connectivity index (χ2v) is 4.52. The molecule has 0 heterocycles. The highest BCUT2D eigenvalue weighted by Gasteiger charge is 2.38. The van der Waals surface area contributed by atoms with Gasteiger partial charge in [-0.3, -0.25) is 9.69 Å². The van der Waals surface area contributed by atoms with E-state index in [-0.39, 0.29) is 26.2 Å². The first-order valence-electron chi connectivity index (χ1n) is 6.82. The molecule has 0 spiro atoms. The van der Waals surface area contributed by atoms with Crippen LogP contribution in [0.25, 0.3) is 0 Å². The van der Waals surface area contributed by atoms with Crippen LogP contribution in [-0.4, -0.2) is 53.8 Å². The summed E-state index contributed by atoms with van der Waals surface area (Å²) in [6.07, 6.45) is -5.68. The predicted molar refractivity (Wildman–Crippen MR) is 80.1 cm³/mol. The Bertz CT molecular complexity index is 567. The quantitative estimate of drug-likeness (QED) is 0.679. The summed E-state index contributed by atoms with van der Waals surface area (Å²) in [5.74, 6) is -3.35. The van der Waals surface area contributed by atoms with Crippen LogP contribution in [0.3, 0.4) is 0 Å². The number of carbonyl (C=O) groups excluding carboxylic acids is 2. The van der Waals surface area contributed by atoms with Gasteiger partial charge in [-0.2, -0.15) is 13.2 Å². The van der Waals surface area contributed by atoms with Gasteiger partial charge >= 0.3 is 18.2 Å². The fourth-order valence-corrected chi connectivity index (χ4v) is 1.39. The van der Waals surface area contributed by atoms with Crippen molar-refractivity contribution in [3.8, 4) is 0 Å². The largest absolute Gasteiger partial charge is 0.490 e. The maximum absolute atomic E-state index is 11.7. The molecule has 1 aromatic rings. The van der Waals surface area contributed by atoms with E-state index in [4.69, 9.17) is 26.1 Å². The second kappa shape index (κ2) is 10.9. The molecule has 1 rings (SSSR count). The van der Waals surface area contributed by atoms with Gasteiger partial charge < -0.3 is 21.3 Å². The Morgan fingerprint density at radius 2 is 1.68 bits per heavy atom. The number of carboxylic acid groups (broad SMARTS) is 1. The number of ether oxygens (including phenoxy) is 1. The number of alkyl halides is 3. The maximum atomic E-state index is 11.7. The lowest BCUT2D eigenvalue weighted by atomic mass is 10.2. The van der Waals surface area contributed by atoms with Crippen molar-refractivity contribution in [3.63, 3.8) is 0 Å². The van der Waals surface area contributed by atoms with Crippen LogP contribution in [0.2, 0.25) is 0 Å². The number of carbonyl (C=O) groups is 3. The average Bonchev–Trinajstić information content (AvgIpc) is 2.52. The normalized spacial score (nSPS) is 10.2. The molecular weight excluding hydrogens is 347 g/mol. The van der Waals surface area contributed by atoms with Crippen LogP contribution in [-0.2, 0) is 20.9 Å². The van der Waals surface area contributed by atoms with E-state index in [1.54, 1.807) is 0 Å². The summed E-state index contributed by atoms with van der Waals surface area (Å²) in [7, 11) is 0.